The number of hydrogen-bond acceptors (Lipinski definition) is 7. The number of ether oxygens (including phenoxy) is 1. The minimum Gasteiger partial charge on any atom is -0.482 e. The number of carbonyl (C=O) groups is 1. The largest absolute Gasteiger partial charge is 0.482 e. The molecule has 0 aliphatic rings. The van der Waals surface area contributed by atoms with Gasteiger partial charge in [-0.15, -0.1) is 0 Å². The van der Waals surface area contributed by atoms with E-state index in [2.05, 4.69) is 20.8 Å². The second kappa shape index (κ2) is 10.00. The number of nitrogen functional groups attached to an aromatic ring is 1. The van der Waals surface area contributed by atoms with Crippen LogP contribution < -0.4 is 26.2 Å². The highest BCUT2D eigenvalue weighted by molar-refractivity contribution is 6.35. The zero-order valence-electron chi connectivity index (χ0n) is 16.1. The molecule has 3 aromatic rings. The van der Waals surface area contributed by atoms with Crippen molar-refractivity contribution in [3.05, 3.63) is 64.9 Å². The Morgan fingerprint density at radius 3 is 2.63 bits per heavy atom. The highest BCUT2D eigenvalue weighted by Crippen LogP contribution is 2.31. The van der Waals surface area contributed by atoms with E-state index in [0.29, 0.717) is 33.8 Å². The first kappa shape index (κ1) is 21.5. The second-order valence-corrected chi connectivity index (χ2v) is 6.92. The molecule has 0 aliphatic carbocycles. The van der Waals surface area contributed by atoms with Crippen LogP contribution in [0.25, 0.3) is 0 Å². The fraction of sp³-hybridized carbons (Fsp3) is 0.150. The summed E-state index contributed by atoms with van der Waals surface area (Å²) in [5, 5.41) is 0.790. The number of halogens is 2. The molecule has 0 aliphatic heterocycles. The van der Waals surface area contributed by atoms with Crippen LogP contribution in [0.3, 0.4) is 0 Å². The summed E-state index contributed by atoms with van der Waals surface area (Å²) < 4.78 is 5.39. The van der Waals surface area contributed by atoms with Gasteiger partial charge in [-0.2, -0.15) is 0 Å². The van der Waals surface area contributed by atoms with Crippen LogP contribution in [-0.4, -0.2) is 29.0 Å². The third-order valence-electron chi connectivity index (χ3n) is 4.08. The van der Waals surface area contributed by atoms with Crippen molar-refractivity contribution in [2.24, 2.45) is 0 Å². The maximum atomic E-state index is 12.1. The molecule has 0 unspecified atom stereocenters. The SMILES string of the molecule is CCN(c1ccccc1)c1ncnc(NNC(=O)COc2ccc(Cl)cc2Cl)c1N. The van der Waals surface area contributed by atoms with Crippen LogP contribution in [0.2, 0.25) is 10.0 Å². The first-order valence-corrected chi connectivity index (χ1v) is 9.81. The van der Waals surface area contributed by atoms with Crippen LogP contribution in [0, 0.1) is 0 Å². The number of rotatable bonds is 8. The van der Waals surface area contributed by atoms with Gasteiger partial charge in [-0.1, -0.05) is 41.4 Å². The van der Waals surface area contributed by atoms with E-state index in [-0.39, 0.29) is 12.4 Å². The Morgan fingerprint density at radius 1 is 1.17 bits per heavy atom. The number of amides is 1. The van der Waals surface area contributed by atoms with Crippen molar-refractivity contribution in [2.45, 2.75) is 6.92 Å². The summed E-state index contributed by atoms with van der Waals surface area (Å²) in [5.41, 5.74) is 12.7. The van der Waals surface area contributed by atoms with Crippen LogP contribution in [0.5, 0.6) is 5.75 Å². The average Bonchev–Trinajstić information content (AvgIpc) is 2.74. The van der Waals surface area contributed by atoms with E-state index < -0.39 is 5.91 Å². The van der Waals surface area contributed by atoms with E-state index in [9.17, 15) is 4.79 Å². The van der Waals surface area contributed by atoms with Crippen molar-refractivity contribution in [1.29, 1.82) is 0 Å². The molecule has 8 nitrogen and oxygen atoms in total. The normalized spacial score (nSPS) is 10.4. The number of hydrazine groups is 1. The smallest absolute Gasteiger partial charge is 0.276 e. The maximum Gasteiger partial charge on any atom is 0.276 e. The van der Waals surface area contributed by atoms with Gasteiger partial charge in [0.05, 0.1) is 5.02 Å². The molecule has 0 atom stereocenters. The third kappa shape index (κ3) is 5.22. The van der Waals surface area contributed by atoms with Crippen LogP contribution in [0.1, 0.15) is 6.92 Å². The monoisotopic (exact) mass is 446 g/mol. The Hall–Kier alpha value is -3.23. The molecular weight excluding hydrogens is 427 g/mol. The van der Waals surface area contributed by atoms with Crippen molar-refractivity contribution in [1.82, 2.24) is 15.4 Å². The summed E-state index contributed by atoms with van der Waals surface area (Å²) in [6.45, 7) is 2.37. The molecule has 1 heterocycles. The number of para-hydroxylation sites is 1. The number of anilines is 4. The number of nitrogens with one attached hydrogen (secondary N) is 2. The molecule has 0 radical (unpaired) electrons. The zero-order valence-corrected chi connectivity index (χ0v) is 17.6. The van der Waals surface area contributed by atoms with E-state index in [1.54, 1.807) is 12.1 Å². The summed E-state index contributed by atoms with van der Waals surface area (Å²) in [6, 6.07) is 14.4. The number of nitrogens with zero attached hydrogens (tertiary/aromatic N) is 3. The topological polar surface area (TPSA) is 105 Å². The Morgan fingerprint density at radius 2 is 1.93 bits per heavy atom. The maximum absolute atomic E-state index is 12.1. The Labute approximate surface area is 183 Å². The van der Waals surface area contributed by atoms with Crippen LogP contribution >= 0.6 is 23.2 Å². The first-order chi connectivity index (χ1) is 14.5. The molecule has 30 heavy (non-hydrogen) atoms. The lowest BCUT2D eigenvalue weighted by Gasteiger charge is -2.24. The van der Waals surface area contributed by atoms with E-state index in [0.717, 1.165) is 5.69 Å². The third-order valence-corrected chi connectivity index (χ3v) is 4.61. The van der Waals surface area contributed by atoms with Gasteiger partial charge in [0.1, 0.15) is 17.8 Å². The summed E-state index contributed by atoms with van der Waals surface area (Å²) in [7, 11) is 0. The minimum atomic E-state index is -0.448. The van der Waals surface area contributed by atoms with Crippen molar-refractivity contribution >= 4 is 52.1 Å². The van der Waals surface area contributed by atoms with Crippen LogP contribution in [0.15, 0.2) is 54.9 Å². The summed E-state index contributed by atoms with van der Waals surface area (Å²) in [6.07, 6.45) is 1.37. The van der Waals surface area contributed by atoms with Gasteiger partial charge in [-0.05, 0) is 37.3 Å². The van der Waals surface area contributed by atoms with E-state index in [1.807, 2.05) is 42.2 Å². The molecule has 0 bridgehead atoms. The Balaban J connectivity index is 1.64. The molecule has 0 fully saturated rings. The standard InChI is InChI=1S/C20H20Cl2N6O2/c1-2-28(14-6-4-3-5-7-14)20-18(23)19(24-12-25-20)27-26-17(29)11-30-16-9-8-13(21)10-15(16)22/h3-10,12H,2,11,23H2,1H3,(H,26,29)(H,24,25,27). The fourth-order valence-corrected chi connectivity index (χ4v) is 3.13. The number of hydrogen-bond donors (Lipinski definition) is 3. The lowest BCUT2D eigenvalue weighted by atomic mass is 10.2. The molecular formula is C20H20Cl2N6O2. The van der Waals surface area contributed by atoms with Crippen molar-refractivity contribution in [2.75, 3.05) is 29.2 Å². The van der Waals surface area contributed by atoms with Crippen molar-refractivity contribution in [3.8, 4) is 5.75 Å². The van der Waals surface area contributed by atoms with Gasteiger partial charge < -0.3 is 15.4 Å². The lowest BCUT2D eigenvalue weighted by molar-refractivity contribution is -0.122. The van der Waals surface area contributed by atoms with E-state index >= 15 is 0 Å². The fourth-order valence-electron chi connectivity index (χ4n) is 2.66. The predicted octanol–water partition coefficient (Wildman–Crippen LogP) is 4.05. The predicted molar refractivity (Wildman–Crippen MR) is 119 cm³/mol. The van der Waals surface area contributed by atoms with Gasteiger partial charge in [-0.3, -0.25) is 15.6 Å². The number of nitrogens with two attached hydrogens (primary N) is 1. The summed E-state index contributed by atoms with van der Waals surface area (Å²) in [5.74, 6) is 0.699. The molecule has 2 aromatic carbocycles. The molecule has 1 aromatic heterocycles. The van der Waals surface area contributed by atoms with Gasteiger partial charge >= 0.3 is 0 Å². The van der Waals surface area contributed by atoms with Gasteiger partial charge in [0.15, 0.2) is 18.2 Å². The first-order valence-electron chi connectivity index (χ1n) is 9.05. The Bertz CT molecular complexity index is 1020. The van der Waals surface area contributed by atoms with Gasteiger partial charge in [0, 0.05) is 17.3 Å². The number of benzene rings is 2. The average molecular weight is 447 g/mol. The lowest BCUT2D eigenvalue weighted by Crippen LogP contribution is -2.34. The number of aromatic nitrogens is 2. The Kier molecular flexibility index (Phi) is 7.16. The molecule has 1 amide bonds. The van der Waals surface area contributed by atoms with E-state index in [4.69, 9.17) is 33.7 Å². The van der Waals surface area contributed by atoms with Gasteiger partial charge in [0.25, 0.3) is 5.91 Å². The van der Waals surface area contributed by atoms with Crippen LogP contribution in [-0.2, 0) is 4.79 Å². The molecule has 10 heteroatoms. The summed E-state index contributed by atoms with van der Waals surface area (Å²) >= 11 is 11.9. The van der Waals surface area contributed by atoms with Crippen molar-refractivity contribution < 1.29 is 9.53 Å². The molecule has 0 saturated carbocycles. The quantitative estimate of drug-likeness (QED) is 0.448. The van der Waals surface area contributed by atoms with Gasteiger partial charge in [-0.25, -0.2) is 9.97 Å². The molecule has 0 spiro atoms. The number of carbonyl (C=O) groups excluding carboxylic acids is 1. The molecule has 3 rings (SSSR count). The molecule has 156 valence electrons. The van der Waals surface area contributed by atoms with Crippen molar-refractivity contribution in [3.63, 3.8) is 0 Å². The van der Waals surface area contributed by atoms with Gasteiger partial charge in [0.2, 0.25) is 0 Å². The highest BCUT2D eigenvalue weighted by Gasteiger charge is 2.16. The molecule has 0 saturated heterocycles. The van der Waals surface area contributed by atoms with Crippen LogP contribution in [0.4, 0.5) is 23.0 Å². The zero-order chi connectivity index (χ0) is 21.5. The highest BCUT2D eigenvalue weighted by atomic mass is 35.5. The molecule has 4 N–H and O–H groups in total. The van der Waals surface area contributed by atoms with E-state index in [1.165, 1.54) is 12.4 Å². The minimum absolute atomic E-state index is 0.267. The second-order valence-electron chi connectivity index (χ2n) is 6.08. The summed E-state index contributed by atoms with van der Waals surface area (Å²) in [4.78, 5) is 22.4.